The summed E-state index contributed by atoms with van der Waals surface area (Å²) in [5, 5.41) is 4.20. The highest BCUT2D eigenvalue weighted by molar-refractivity contribution is 7.99. The molecule has 106 valence electrons. The highest BCUT2D eigenvalue weighted by Crippen LogP contribution is 2.19. The summed E-state index contributed by atoms with van der Waals surface area (Å²) in [4.78, 5) is 19.6. The number of nitrogens with zero attached hydrogens (tertiary/aromatic N) is 2. The molecule has 1 unspecified atom stereocenters. The van der Waals surface area contributed by atoms with Gasteiger partial charge in [0.25, 0.3) is 0 Å². The second-order valence-corrected chi connectivity index (χ2v) is 6.11. The van der Waals surface area contributed by atoms with Gasteiger partial charge in [0.15, 0.2) is 0 Å². The molecule has 0 bridgehead atoms. The highest BCUT2D eigenvalue weighted by Gasteiger charge is 2.30. The Morgan fingerprint density at radius 1 is 1.58 bits per heavy atom. The van der Waals surface area contributed by atoms with Crippen molar-refractivity contribution in [3.05, 3.63) is 18.6 Å². The third kappa shape index (κ3) is 5.57. The van der Waals surface area contributed by atoms with E-state index in [1.54, 1.807) is 18.0 Å². The molecule has 0 saturated carbocycles. The first kappa shape index (κ1) is 15.9. The van der Waals surface area contributed by atoms with E-state index >= 15 is 0 Å². The normalized spacial score (nSPS) is 14.3. The molecule has 1 heterocycles. The fraction of sp³-hybridized carbons (Fsp3) is 0.615. The predicted octanol–water partition coefficient (Wildman–Crippen LogP) is 1.59. The maximum atomic E-state index is 11.6. The average molecular weight is 282 g/mol. The zero-order chi connectivity index (χ0) is 14.3. The summed E-state index contributed by atoms with van der Waals surface area (Å²) in [7, 11) is 0. The minimum atomic E-state index is -0.638. The van der Waals surface area contributed by atoms with Gasteiger partial charge in [0.2, 0.25) is 5.91 Å². The van der Waals surface area contributed by atoms with E-state index < -0.39 is 5.54 Å². The van der Waals surface area contributed by atoms with Crippen molar-refractivity contribution in [2.75, 3.05) is 5.75 Å². The smallest absolute Gasteiger partial charge is 0.237 e. The molecule has 0 aliphatic rings. The van der Waals surface area contributed by atoms with Crippen molar-refractivity contribution < 1.29 is 4.79 Å². The van der Waals surface area contributed by atoms with Gasteiger partial charge in [-0.15, -0.1) is 11.8 Å². The van der Waals surface area contributed by atoms with Crippen LogP contribution in [0.3, 0.4) is 0 Å². The Morgan fingerprint density at radius 3 is 2.84 bits per heavy atom. The van der Waals surface area contributed by atoms with Crippen LogP contribution in [0.15, 0.2) is 23.6 Å². The van der Waals surface area contributed by atoms with Gasteiger partial charge in [0.1, 0.15) is 6.33 Å². The molecule has 0 aliphatic carbocycles. The molecule has 6 heteroatoms. The molecule has 1 amide bonds. The standard InChI is InChI=1S/C13H22N4OS/c1-10(2)17-13(3,12(14)18)6-4-8-19-11-5-7-15-9-16-11/h5,7,9-10,17H,4,6,8H2,1-3H3,(H2,14,18). The van der Waals surface area contributed by atoms with Crippen molar-refractivity contribution in [3.8, 4) is 0 Å². The monoisotopic (exact) mass is 282 g/mol. The Morgan fingerprint density at radius 2 is 2.32 bits per heavy atom. The lowest BCUT2D eigenvalue weighted by Gasteiger charge is -2.29. The van der Waals surface area contributed by atoms with Crippen LogP contribution in [0, 0.1) is 0 Å². The van der Waals surface area contributed by atoms with E-state index in [9.17, 15) is 4.79 Å². The van der Waals surface area contributed by atoms with Gasteiger partial charge in [-0.25, -0.2) is 9.97 Å². The third-order valence-corrected chi connectivity index (χ3v) is 3.81. The summed E-state index contributed by atoms with van der Waals surface area (Å²) in [6.07, 6.45) is 4.88. The molecule has 1 aromatic rings. The molecule has 1 rings (SSSR count). The lowest BCUT2D eigenvalue weighted by Crippen LogP contribution is -2.55. The summed E-state index contributed by atoms with van der Waals surface area (Å²) in [5.74, 6) is 0.605. The third-order valence-electron chi connectivity index (χ3n) is 2.78. The molecule has 0 fully saturated rings. The van der Waals surface area contributed by atoms with Crippen LogP contribution in [0.25, 0.3) is 0 Å². The molecule has 1 aromatic heterocycles. The molecular weight excluding hydrogens is 260 g/mol. The molecule has 0 radical (unpaired) electrons. The molecule has 19 heavy (non-hydrogen) atoms. The quantitative estimate of drug-likeness (QED) is 0.430. The van der Waals surface area contributed by atoms with Crippen molar-refractivity contribution in [1.29, 1.82) is 0 Å². The Hall–Kier alpha value is -1.14. The second kappa shape index (κ2) is 7.45. The van der Waals surface area contributed by atoms with Crippen LogP contribution in [0.1, 0.15) is 33.6 Å². The molecule has 0 aromatic carbocycles. The van der Waals surface area contributed by atoms with E-state index in [1.807, 2.05) is 26.8 Å². The topological polar surface area (TPSA) is 80.9 Å². The Kier molecular flexibility index (Phi) is 6.24. The first-order chi connectivity index (χ1) is 8.94. The van der Waals surface area contributed by atoms with Gasteiger partial charge in [-0.2, -0.15) is 0 Å². The fourth-order valence-electron chi connectivity index (χ4n) is 1.87. The summed E-state index contributed by atoms with van der Waals surface area (Å²) in [5.41, 5.74) is 4.85. The number of rotatable bonds is 8. The molecule has 0 saturated heterocycles. The van der Waals surface area contributed by atoms with Crippen LogP contribution < -0.4 is 11.1 Å². The van der Waals surface area contributed by atoms with E-state index in [0.29, 0.717) is 0 Å². The number of hydrogen-bond donors (Lipinski definition) is 2. The second-order valence-electron chi connectivity index (χ2n) is 5.00. The molecular formula is C13H22N4OS. The molecule has 0 aliphatic heterocycles. The summed E-state index contributed by atoms with van der Waals surface area (Å²) < 4.78 is 0. The van der Waals surface area contributed by atoms with Gasteiger partial charge >= 0.3 is 0 Å². The number of carbonyl (C=O) groups excluding carboxylic acids is 1. The lowest BCUT2D eigenvalue weighted by atomic mass is 9.94. The fourth-order valence-corrected chi connectivity index (χ4v) is 2.65. The van der Waals surface area contributed by atoms with Gasteiger partial charge in [-0.1, -0.05) is 0 Å². The zero-order valence-corrected chi connectivity index (χ0v) is 12.5. The number of primary amides is 1. The van der Waals surface area contributed by atoms with Crippen LogP contribution >= 0.6 is 11.8 Å². The largest absolute Gasteiger partial charge is 0.368 e. The van der Waals surface area contributed by atoms with Crippen molar-refractivity contribution in [1.82, 2.24) is 15.3 Å². The number of carbonyl (C=O) groups is 1. The van der Waals surface area contributed by atoms with Gasteiger partial charge in [-0.05, 0) is 45.4 Å². The molecule has 5 nitrogen and oxygen atoms in total. The van der Waals surface area contributed by atoms with Crippen LogP contribution in [-0.4, -0.2) is 33.2 Å². The van der Waals surface area contributed by atoms with Gasteiger partial charge < -0.3 is 11.1 Å². The lowest BCUT2D eigenvalue weighted by molar-refractivity contribution is -0.124. The van der Waals surface area contributed by atoms with E-state index in [4.69, 9.17) is 5.73 Å². The minimum absolute atomic E-state index is 0.229. The summed E-state index contributed by atoms with van der Waals surface area (Å²) >= 11 is 1.66. The van der Waals surface area contributed by atoms with Crippen LogP contribution in [0.2, 0.25) is 0 Å². The van der Waals surface area contributed by atoms with E-state index in [2.05, 4.69) is 15.3 Å². The summed E-state index contributed by atoms with van der Waals surface area (Å²) in [6, 6.07) is 2.11. The number of nitrogens with two attached hydrogens (primary N) is 1. The number of amides is 1. The zero-order valence-electron chi connectivity index (χ0n) is 11.7. The van der Waals surface area contributed by atoms with Crippen LogP contribution in [0.5, 0.6) is 0 Å². The van der Waals surface area contributed by atoms with Crippen LogP contribution in [-0.2, 0) is 4.79 Å². The number of thioether (sulfide) groups is 1. The number of hydrogen-bond acceptors (Lipinski definition) is 5. The summed E-state index contributed by atoms with van der Waals surface area (Å²) in [6.45, 7) is 5.89. The first-order valence-corrected chi connectivity index (χ1v) is 7.39. The Bertz CT molecular complexity index is 399. The Labute approximate surface area is 118 Å². The average Bonchev–Trinajstić information content (AvgIpc) is 2.35. The van der Waals surface area contributed by atoms with Crippen LogP contribution in [0.4, 0.5) is 0 Å². The molecule has 0 spiro atoms. The first-order valence-electron chi connectivity index (χ1n) is 6.40. The van der Waals surface area contributed by atoms with Gasteiger partial charge in [-0.3, -0.25) is 4.79 Å². The maximum absolute atomic E-state index is 11.6. The van der Waals surface area contributed by atoms with Crippen molar-refractivity contribution >= 4 is 17.7 Å². The minimum Gasteiger partial charge on any atom is -0.368 e. The van der Waals surface area contributed by atoms with Gasteiger partial charge in [0.05, 0.1) is 10.6 Å². The van der Waals surface area contributed by atoms with E-state index in [1.165, 1.54) is 6.33 Å². The predicted molar refractivity (Wildman–Crippen MR) is 77.9 cm³/mol. The molecule has 3 N–H and O–H groups in total. The number of nitrogens with one attached hydrogen (secondary N) is 1. The van der Waals surface area contributed by atoms with Gasteiger partial charge in [0, 0.05) is 12.2 Å². The molecule has 1 atom stereocenters. The van der Waals surface area contributed by atoms with Crippen molar-refractivity contribution in [3.63, 3.8) is 0 Å². The maximum Gasteiger partial charge on any atom is 0.237 e. The van der Waals surface area contributed by atoms with E-state index in [0.717, 1.165) is 23.6 Å². The number of aromatic nitrogens is 2. The van der Waals surface area contributed by atoms with E-state index in [-0.39, 0.29) is 11.9 Å². The van der Waals surface area contributed by atoms with Crippen molar-refractivity contribution in [2.45, 2.75) is 50.2 Å². The van der Waals surface area contributed by atoms with Crippen molar-refractivity contribution in [2.24, 2.45) is 5.73 Å². The highest BCUT2D eigenvalue weighted by atomic mass is 32.2. The SMILES string of the molecule is CC(C)NC(C)(CCCSc1ccncn1)C(N)=O. The Balaban J connectivity index is 2.39.